The number of anilines is 1. The summed E-state index contributed by atoms with van der Waals surface area (Å²) in [6, 6.07) is 14.4. The molecule has 1 N–H and O–H groups in total. The second-order valence-electron chi connectivity index (χ2n) is 6.61. The van der Waals surface area contributed by atoms with Gasteiger partial charge in [-0.05, 0) is 44.0 Å². The Hall–Kier alpha value is -2.00. The third-order valence-electron chi connectivity index (χ3n) is 4.59. The lowest BCUT2D eigenvalue weighted by molar-refractivity contribution is 0.417. The minimum absolute atomic E-state index is 0.377. The minimum atomic E-state index is 0.377. The highest BCUT2D eigenvalue weighted by Crippen LogP contribution is 2.29. The van der Waals surface area contributed by atoms with Crippen LogP contribution >= 0.6 is 11.6 Å². The standard InChI is InChI=1S/C21H25ClN2O/c1-15-7-6-8-16(13-15)21(23-18-9-4-3-5-10-18)24-19-14-17(22)11-12-20(19)25-2/h6-8,11-14,18H,3-5,9-10H2,1-2H3,(H,23,24). The van der Waals surface area contributed by atoms with Crippen LogP contribution in [0, 0.1) is 6.92 Å². The Morgan fingerprint density at radius 3 is 2.64 bits per heavy atom. The van der Waals surface area contributed by atoms with Crippen LogP contribution < -0.4 is 10.1 Å². The highest BCUT2D eigenvalue weighted by molar-refractivity contribution is 6.31. The molecule has 132 valence electrons. The topological polar surface area (TPSA) is 33.6 Å². The molecule has 0 heterocycles. The number of aryl methyl sites for hydroxylation is 1. The fourth-order valence-electron chi connectivity index (χ4n) is 3.27. The molecule has 0 bridgehead atoms. The summed E-state index contributed by atoms with van der Waals surface area (Å²) >= 11 is 6.18. The van der Waals surface area contributed by atoms with E-state index in [0.29, 0.717) is 11.1 Å². The van der Waals surface area contributed by atoms with Crippen molar-refractivity contribution in [1.29, 1.82) is 0 Å². The smallest absolute Gasteiger partial charge is 0.142 e. The Labute approximate surface area is 155 Å². The molecule has 0 amide bonds. The van der Waals surface area contributed by atoms with Gasteiger partial charge in [-0.25, -0.2) is 0 Å². The zero-order chi connectivity index (χ0) is 17.6. The Morgan fingerprint density at radius 2 is 1.92 bits per heavy atom. The van der Waals surface area contributed by atoms with Gasteiger partial charge in [-0.1, -0.05) is 54.6 Å². The monoisotopic (exact) mass is 356 g/mol. The van der Waals surface area contributed by atoms with Crippen LogP contribution in [0.15, 0.2) is 47.5 Å². The summed E-state index contributed by atoms with van der Waals surface area (Å²) in [7, 11) is 1.67. The number of rotatable bonds is 4. The van der Waals surface area contributed by atoms with E-state index in [1.54, 1.807) is 7.11 Å². The zero-order valence-corrected chi connectivity index (χ0v) is 15.6. The third-order valence-corrected chi connectivity index (χ3v) is 4.83. The summed E-state index contributed by atoms with van der Waals surface area (Å²) in [5.74, 6) is 1.64. The third kappa shape index (κ3) is 4.76. The number of hydrogen-bond acceptors (Lipinski definition) is 2. The molecule has 0 aromatic heterocycles. The molecule has 25 heavy (non-hydrogen) atoms. The molecule has 1 saturated carbocycles. The van der Waals surface area contributed by atoms with Crippen LogP contribution in [0.1, 0.15) is 43.2 Å². The molecule has 1 aliphatic rings. The maximum absolute atomic E-state index is 6.18. The van der Waals surface area contributed by atoms with Gasteiger partial charge in [0, 0.05) is 10.6 Å². The molecule has 1 aliphatic carbocycles. The second-order valence-corrected chi connectivity index (χ2v) is 7.05. The van der Waals surface area contributed by atoms with Crippen LogP contribution in [-0.2, 0) is 0 Å². The van der Waals surface area contributed by atoms with E-state index < -0.39 is 0 Å². The van der Waals surface area contributed by atoms with Gasteiger partial charge in [-0.3, -0.25) is 4.99 Å². The minimum Gasteiger partial charge on any atom is -0.495 e. The fourth-order valence-corrected chi connectivity index (χ4v) is 3.44. The lowest BCUT2D eigenvalue weighted by Gasteiger charge is -2.21. The maximum Gasteiger partial charge on any atom is 0.142 e. The average molecular weight is 357 g/mol. The van der Waals surface area contributed by atoms with E-state index in [-0.39, 0.29) is 0 Å². The number of ether oxygens (including phenoxy) is 1. The number of methoxy groups -OCH3 is 1. The Kier molecular flexibility index (Phi) is 5.98. The van der Waals surface area contributed by atoms with E-state index in [1.165, 1.54) is 24.8 Å². The van der Waals surface area contributed by atoms with Crippen molar-refractivity contribution in [3.05, 3.63) is 58.6 Å². The van der Waals surface area contributed by atoms with E-state index in [0.717, 1.165) is 35.7 Å². The predicted molar refractivity (Wildman–Crippen MR) is 106 cm³/mol. The van der Waals surface area contributed by atoms with Gasteiger partial charge in [-0.15, -0.1) is 0 Å². The Bertz CT molecular complexity index is 751. The van der Waals surface area contributed by atoms with Gasteiger partial charge in [0.2, 0.25) is 0 Å². The van der Waals surface area contributed by atoms with Crippen LogP contribution in [-0.4, -0.2) is 19.0 Å². The SMILES string of the molecule is COc1ccc(Cl)cc1NC(=NC1CCCCC1)c1cccc(C)c1. The van der Waals surface area contributed by atoms with Crippen molar-refractivity contribution in [3.8, 4) is 5.75 Å². The van der Waals surface area contributed by atoms with Gasteiger partial charge < -0.3 is 10.1 Å². The lowest BCUT2D eigenvalue weighted by atomic mass is 9.96. The van der Waals surface area contributed by atoms with Crippen LogP contribution in [0.4, 0.5) is 5.69 Å². The van der Waals surface area contributed by atoms with Crippen LogP contribution in [0.3, 0.4) is 0 Å². The fraction of sp³-hybridized carbons (Fsp3) is 0.381. The Balaban J connectivity index is 1.96. The molecule has 2 aromatic rings. The van der Waals surface area contributed by atoms with Crippen molar-refractivity contribution in [2.45, 2.75) is 45.1 Å². The number of aliphatic imine (C=N–C) groups is 1. The summed E-state index contributed by atoms with van der Waals surface area (Å²) in [4.78, 5) is 5.05. The molecule has 3 rings (SSSR count). The summed E-state index contributed by atoms with van der Waals surface area (Å²) in [5.41, 5.74) is 3.15. The van der Waals surface area contributed by atoms with Crippen molar-refractivity contribution in [2.75, 3.05) is 12.4 Å². The van der Waals surface area contributed by atoms with Crippen LogP contribution in [0.2, 0.25) is 5.02 Å². The van der Waals surface area contributed by atoms with Gasteiger partial charge >= 0.3 is 0 Å². The molecule has 1 fully saturated rings. The van der Waals surface area contributed by atoms with Crippen molar-refractivity contribution >= 4 is 23.1 Å². The van der Waals surface area contributed by atoms with E-state index in [1.807, 2.05) is 18.2 Å². The molecule has 0 unspecified atom stereocenters. The number of benzene rings is 2. The summed E-state index contributed by atoms with van der Waals surface area (Å²) in [5, 5.41) is 4.14. The number of nitrogens with zero attached hydrogens (tertiary/aromatic N) is 1. The normalized spacial score (nSPS) is 15.9. The van der Waals surface area contributed by atoms with Crippen molar-refractivity contribution in [3.63, 3.8) is 0 Å². The lowest BCUT2D eigenvalue weighted by Crippen LogP contribution is -2.20. The summed E-state index contributed by atoms with van der Waals surface area (Å²) < 4.78 is 5.47. The van der Waals surface area contributed by atoms with Gasteiger partial charge in [0.25, 0.3) is 0 Å². The molecule has 4 heteroatoms. The largest absolute Gasteiger partial charge is 0.495 e. The molecule has 3 nitrogen and oxygen atoms in total. The highest BCUT2D eigenvalue weighted by atomic mass is 35.5. The van der Waals surface area contributed by atoms with Gasteiger partial charge in [0.05, 0.1) is 18.8 Å². The quantitative estimate of drug-likeness (QED) is 0.550. The molecule has 0 aliphatic heterocycles. The average Bonchev–Trinajstić information content (AvgIpc) is 2.62. The van der Waals surface area contributed by atoms with Gasteiger partial charge in [-0.2, -0.15) is 0 Å². The van der Waals surface area contributed by atoms with E-state index in [9.17, 15) is 0 Å². The first kappa shape index (κ1) is 17.8. The van der Waals surface area contributed by atoms with Gasteiger partial charge in [0.1, 0.15) is 11.6 Å². The summed E-state index contributed by atoms with van der Waals surface area (Å²) in [6.45, 7) is 2.10. The van der Waals surface area contributed by atoms with Crippen LogP contribution in [0.25, 0.3) is 0 Å². The predicted octanol–water partition coefficient (Wildman–Crippen LogP) is 5.85. The zero-order valence-electron chi connectivity index (χ0n) is 14.9. The first-order valence-electron chi connectivity index (χ1n) is 8.91. The van der Waals surface area contributed by atoms with E-state index >= 15 is 0 Å². The highest BCUT2D eigenvalue weighted by Gasteiger charge is 2.15. The number of amidine groups is 1. The number of halogens is 1. The van der Waals surface area contributed by atoms with Crippen molar-refractivity contribution in [2.24, 2.45) is 4.99 Å². The number of hydrogen-bond donors (Lipinski definition) is 1. The maximum atomic E-state index is 6.18. The van der Waals surface area contributed by atoms with Crippen LogP contribution in [0.5, 0.6) is 5.75 Å². The Morgan fingerprint density at radius 1 is 1.12 bits per heavy atom. The molecular weight excluding hydrogens is 332 g/mol. The summed E-state index contributed by atoms with van der Waals surface area (Å²) in [6.07, 6.45) is 6.15. The number of nitrogens with one attached hydrogen (secondary N) is 1. The first-order valence-corrected chi connectivity index (χ1v) is 9.29. The molecule has 0 saturated heterocycles. The molecule has 0 radical (unpaired) electrons. The van der Waals surface area contributed by atoms with Gasteiger partial charge in [0.15, 0.2) is 0 Å². The van der Waals surface area contributed by atoms with Crippen molar-refractivity contribution in [1.82, 2.24) is 0 Å². The second kappa shape index (κ2) is 8.39. The molecule has 0 atom stereocenters. The van der Waals surface area contributed by atoms with E-state index in [2.05, 4.69) is 36.5 Å². The molecule has 0 spiro atoms. The van der Waals surface area contributed by atoms with E-state index in [4.69, 9.17) is 21.3 Å². The molecular formula is C21H25ClN2O. The molecule has 2 aromatic carbocycles. The van der Waals surface area contributed by atoms with Crippen molar-refractivity contribution < 1.29 is 4.74 Å². The first-order chi connectivity index (χ1) is 12.2.